The Balaban J connectivity index is 1.84. The maximum Gasteiger partial charge on any atom is 0.210 e. The summed E-state index contributed by atoms with van der Waals surface area (Å²) in [5.41, 5.74) is 6.23. The van der Waals surface area contributed by atoms with E-state index in [1.807, 2.05) is 4.68 Å². The van der Waals surface area contributed by atoms with Gasteiger partial charge in [-0.25, -0.2) is 4.68 Å². The van der Waals surface area contributed by atoms with Gasteiger partial charge in [-0.05, 0) is 17.5 Å². The van der Waals surface area contributed by atoms with Gasteiger partial charge >= 0.3 is 0 Å². The van der Waals surface area contributed by atoms with E-state index >= 15 is 0 Å². The van der Waals surface area contributed by atoms with Crippen molar-refractivity contribution in [2.24, 2.45) is 0 Å². The summed E-state index contributed by atoms with van der Waals surface area (Å²) in [6, 6.07) is 9.19. The average molecular weight is 274 g/mol. The summed E-state index contributed by atoms with van der Waals surface area (Å²) < 4.78 is 2.03. The van der Waals surface area contributed by atoms with Crippen molar-refractivity contribution in [3.05, 3.63) is 41.2 Å². The zero-order chi connectivity index (χ0) is 13.2. The monoisotopic (exact) mass is 274 g/mol. The summed E-state index contributed by atoms with van der Waals surface area (Å²) in [4.78, 5) is 0. The van der Waals surface area contributed by atoms with E-state index in [0.717, 1.165) is 29.6 Å². The molecule has 1 aliphatic rings. The lowest BCUT2D eigenvalue weighted by Crippen LogP contribution is -2.29. The van der Waals surface area contributed by atoms with Crippen LogP contribution >= 0.6 is 11.8 Å². The smallest absolute Gasteiger partial charge is 0.210 e. The standard InChI is InChI=1S/C14H18N4S/c1-3-10-5-7-11(8-6-10)12-9-19-14-16-15-13(4-2)18(14)17-12/h5-8,12,17H,3-4,9H2,1-2H3. The zero-order valence-electron chi connectivity index (χ0n) is 11.3. The molecule has 3 rings (SSSR count). The van der Waals surface area contributed by atoms with Crippen LogP contribution in [0.3, 0.4) is 0 Å². The summed E-state index contributed by atoms with van der Waals surface area (Å²) in [6.07, 6.45) is 1.98. The summed E-state index contributed by atoms with van der Waals surface area (Å²) >= 11 is 1.76. The number of hydrogen-bond donors (Lipinski definition) is 1. The Morgan fingerprint density at radius 3 is 2.68 bits per heavy atom. The molecular formula is C14H18N4S. The molecule has 4 nitrogen and oxygen atoms in total. The van der Waals surface area contributed by atoms with Gasteiger partial charge < -0.3 is 5.43 Å². The number of benzene rings is 1. The highest BCUT2D eigenvalue weighted by Gasteiger charge is 2.23. The highest BCUT2D eigenvalue weighted by molar-refractivity contribution is 7.99. The van der Waals surface area contributed by atoms with E-state index < -0.39 is 0 Å². The van der Waals surface area contributed by atoms with Crippen molar-refractivity contribution in [3.8, 4) is 0 Å². The Labute approximate surface area is 117 Å². The predicted octanol–water partition coefficient (Wildman–Crippen LogP) is 2.79. The number of nitrogens with zero attached hydrogens (tertiary/aromatic N) is 3. The van der Waals surface area contributed by atoms with Crippen LogP contribution in [0.2, 0.25) is 0 Å². The number of aryl methyl sites for hydroxylation is 2. The number of aromatic nitrogens is 3. The molecule has 1 N–H and O–H groups in total. The first kappa shape index (κ1) is 12.5. The summed E-state index contributed by atoms with van der Waals surface area (Å²) in [5.74, 6) is 1.99. The molecule has 5 heteroatoms. The zero-order valence-corrected chi connectivity index (χ0v) is 12.1. The molecule has 1 aromatic heterocycles. The third-order valence-electron chi connectivity index (χ3n) is 3.47. The highest BCUT2D eigenvalue weighted by atomic mass is 32.2. The van der Waals surface area contributed by atoms with Crippen molar-refractivity contribution >= 4 is 11.8 Å². The lowest BCUT2D eigenvalue weighted by Gasteiger charge is -2.26. The molecule has 0 bridgehead atoms. The fourth-order valence-electron chi connectivity index (χ4n) is 2.26. The Morgan fingerprint density at radius 2 is 2.00 bits per heavy atom. The fraction of sp³-hybridized carbons (Fsp3) is 0.429. The lowest BCUT2D eigenvalue weighted by molar-refractivity contribution is 0.635. The predicted molar refractivity (Wildman–Crippen MR) is 78.0 cm³/mol. The molecule has 0 spiro atoms. The summed E-state index contributed by atoms with van der Waals surface area (Å²) in [5, 5.41) is 9.37. The summed E-state index contributed by atoms with van der Waals surface area (Å²) in [7, 11) is 0. The molecular weight excluding hydrogens is 256 g/mol. The fourth-order valence-corrected chi connectivity index (χ4v) is 3.23. The van der Waals surface area contributed by atoms with Crippen molar-refractivity contribution in [2.45, 2.75) is 37.9 Å². The van der Waals surface area contributed by atoms with E-state index in [9.17, 15) is 0 Å². The molecule has 0 radical (unpaired) electrons. The van der Waals surface area contributed by atoms with Crippen LogP contribution in [0.1, 0.15) is 36.8 Å². The number of hydrogen-bond acceptors (Lipinski definition) is 4. The third kappa shape index (κ3) is 2.34. The molecule has 100 valence electrons. The largest absolute Gasteiger partial charge is 0.314 e. The second kappa shape index (κ2) is 5.25. The van der Waals surface area contributed by atoms with Crippen molar-refractivity contribution in [3.63, 3.8) is 0 Å². The van der Waals surface area contributed by atoms with E-state index in [1.165, 1.54) is 11.1 Å². The lowest BCUT2D eigenvalue weighted by atomic mass is 10.1. The van der Waals surface area contributed by atoms with Crippen LogP contribution in [0.5, 0.6) is 0 Å². The van der Waals surface area contributed by atoms with Crippen molar-refractivity contribution in [1.29, 1.82) is 0 Å². The Morgan fingerprint density at radius 1 is 1.21 bits per heavy atom. The van der Waals surface area contributed by atoms with E-state index in [1.54, 1.807) is 11.8 Å². The summed E-state index contributed by atoms with van der Waals surface area (Å²) in [6.45, 7) is 4.28. The Kier molecular flexibility index (Phi) is 3.46. The molecule has 1 atom stereocenters. The van der Waals surface area contributed by atoms with Crippen LogP contribution in [-0.4, -0.2) is 20.6 Å². The Hall–Kier alpha value is -1.49. The SMILES string of the molecule is CCc1ccc(C2CSc3nnc(CC)n3N2)cc1. The van der Waals surface area contributed by atoms with Crippen LogP contribution in [-0.2, 0) is 12.8 Å². The van der Waals surface area contributed by atoms with Crippen molar-refractivity contribution < 1.29 is 0 Å². The first-order valence-corrected chi connectivity index (χ1v) is 7.72. The van der Waals surface area contributed by atoms with Gasteiger partial charge in [-0.3, -0.25) is 0 Å². The minimum Gasteiger partial charge on any atom is -0.314 e. The van der Waals surface area contributed by atoms with Gasteiger partial charge in [0.15, 0.2) is 5.82 Å². The van der Waals surface area contributed by atoms with Gasteiger partial charge in [0.25, 0.3) is 0 Å². The van der Waals surface area contributed by atoms with Gasteiger partial charge in [-0.2, -0.15) is 0 Å². The maximum atomic E-state index is 4.20. The minimum absolute atomic E-state index is 0.324. The molecule has 1 aromatic carbocycles. The molecule has 0 amide bonds. The Bertz CT molecular complexity index is 548. The van der Waals surface area contributed by atoms with Gasteiger partial charge in [0.05, 0.1) is 6.04 Å². The number of rotatable bonds is 3. The molecule has 19 heavy (non-hydrogen) atoms. The molecule has 1 aliphatic heterocycles. The van der Waals surface area contributed by atoms with E-state index in [-0.39, 0.29) is 0 Å². The van der Waals surface area contributed by atoms with E-state index in [4.69, 9.17) is 0 Å². The van der Waals surface area contributed by atoms with E-state index in [0.29, 0.717) is 6.04 Å². The van der Waals surface area contributed by atoms with Gasteiger partial charge in [0, 0.05) is 12.2 Å². The molecule has 2 aromatic rings. The second-order valence-electron chi connectivity index (χ2n) is 4.68. The molecule has 0 fully saturated rings. The molecule has 2 heterocycles. The van der Waals surface area contributed by atoms with Crippen LogP contribution < -0.4 is 5.43 Å². The second-order valence-corrected chi connectivity index (χ2v) is 5.66. The third-order valence-corrected chi connectivity index (χ3v) is 4.49. The van der Waals surface area contributed by atoms with Gasteiger partial charge in [0.2, 0.25) is 5.16 Å². The van der Waals surface area contributed by atoms with Crippen LogP contribution in [0.4, 0.5) is 0 Å². The van der Waals surface area contributed by atoms with Crippen molar-refractivity contribution in [2.75, 3.05) is 11.2 Å². The van der Waals surface area contributed by atoms with E-state index in [2.05, 4.69) is 53.7 Å². The minimum atomic E-state index is 0.324. The van der Waals surface area contributed by atoms with Crippen molar-refractivity contribution in [1.82, 2.24) is 14.9 Å². The van der Waals surface area contributed by atoms with Gasteiger partial charge in [-0.15, -0.1) is 10.2 Å². The van der Waals surface area contributed by atoms with Crippen LogP contribution in [0.25, 0.3) is 0 Å². The number of nitrogens with one attached hydrogen (secondary N) is 1. The molecule has 0 saturated heterocycles. The average Bonchev–Trinajstić information content (AvgIpc) is 2.89. The van der Waals surface area contributed by atoms with Crippen LogP contribution in [0.15, 0.2) is 29.4 Å². The highest BCUT2D eigenvalue weighted by Crippen LogP contribution is 2.30. The quantitative estimate of drug-likeness (QED) is 0.934. The first-order chi connectivity index (χ1) is 9.31. The normalized spacial score (nSPS) is 17.9. The van der Waals surface area contributed by atoms with Gasteiger partial charge in [0.1, 0.15) is 0 Å². The molecule has 0 saturated carbocycles. The van der Waals surface area contributed by atoms with Gasteiger partial charge in [-0.1, -0.05) is 49.9 Å². The first-order valence-electron chi connectivity index (χ1n) is 6.74. The topological polar surface area (TPSA) is 42.7 Å². The number of fused-ring (bicyclic) bond motifs is 1. The molecule has 1 unspecified atom stereocenters. The molecule has 0 aliphatic carbocycles. The maximum absolute atomic E-state index is 4.20. The number of thioether (sulfide) groups is 1. The van der Waals surface area contributed by atoms with Crippen LogP contribution in [0, 0.1) is 0 Å².